The fourth-order valence-corrected chi connectivity index (χ4v) is 4.45. The molecule has 0 spiro atoms. The molecular weight excluding hydrogens is 272 g/mol. The van der Waals surface area contributed by atoms with Gasteiger partial charge in [0.1, 0.15) is 4.90 Å². The molecule has 1 aromatic carbocycles. The van der Waals surface area contributed by atoms with Gasteiger partial charge in [0, 0.05) is 23.1 Å². The Hall–Kier alpha value is -1.33. The Morgan fingerprint density at radius 2 is 1.90 bits per heavy atom. The smallest absolute Gasteiger partial charge is 0.240 e. The summed E-state index contributed by atoms with van der Waals surface area (Å²) in [6.07, 6.45) is 5.03. The average Bonchev–Trinajstić information content (AvgIpc) is 2.96. The third-order valence-corrected chi connectivity index (χ3v) is 5.46. The van der Waals surface area contributed by atoms with E-state index in [1.54, 1.807) is 0 Å². The minimum Gasteiger partial charge on any atom is -0.343 e. The van der Waals surface area contributed by atoms with Gasteiger partial charge >= 0.3 is 0 Å². The van der Waals surface area contributed by atoms with Crippen LogP contribution in [0.25, 0.3) is 10.9 Å². The predicted molar refractivity (Wildman–Crippen MR) is 80.0 cm³/mol. The zero-order valence-electron chi connectivity index (χ0n) is 11.7. The lowest BCUT2D eigenvalue weighted by Crippen LogP contribution is -2.14. The number of para-hydroxylation sites is 1. The second-order valence-electron chi connectivity index (χ2n) is 5.74. The fraction of sp³-hybridized carbons (Fsp3) is 0.467. The Morgan fingerprint density at radius 1 is 1.25 bits per heavy atom. The third kappa shape index (κ3) is 2.25. The van der Waals surface area contributed by atoms with Gasteiger partial charge in [-0.3, -0.25) is 0 Å². The van der Waals surface area contributed by atoms with Crippen molar-refractivity contribution in [2.45, 2.75) is 44.0 Å². The summed E-state index contributed by atoms with van der Waals surface area (Å²) in [5.41, 5.74) is 1.74. The van der Waals surface area contributed by atoms with Crippen LogP contribution in [0.5, 0.6) is 0 Å². The lowest BCUT2D eigenvalue weighted by atomic mass is 10.1. The van der Waals surface area contributed by atoms with Crippen LogP contribution in [0.15, 0.2) is 29.2 Å². The van der Waals surface area contributed by atoms with Crippen molar-refractivity contribution in [3.8, 4) is 0 Å². The summed E-state index contributed by atoms with van der Waals surface area (Å²) in [4.78, 5) is 0.283. The zero-order valence-corrected chi connectivity index (χ0v) is 12.5. The predicted octanol–water partition coefficient (Wildman–Crippen LogP) is 2.79. The molecular formula is C15H20N2O2S. The number of fused-ring (bicyclic) bond motifs is 1. The zero-order chi connectivity index (χ0) is 14.3. The molecule has 2 aromatic rings. The van der Waals surface area contributed by atoms with Gasteiger partial charge < -0.3 is 4.57 Å². The number of nitrogens with zero attached hydrogens (tertiary/aromatic N) is 1. The van der Waals surface area contributed by atoms with Gasteiger partial charge in [0.05, 0.1) is 0 Å². The molecule has 1 saturated carbocycles. The van der Waals surface area contributed by atoms with Crippen LogP contribution in [0, 0.1) is 12.8 Å². The van der Waals surface area contributed by atoms with Gasteiger partial charge in [0.25, 0.3) is 0 Å². The first-order valence-electron chi connectivity index (χ1n) is 7.09. The second-order valence-corrected chi connectivity index (χ2v) is 7.24. The Morgan fingerprint density at radius 3 is 2.55 bits per heavy atom. The summed E-state index contributed by atoms with van der Waals surface area (Å²) in [5.74, 6) is 0.651. The van der Waals surface area contributed by atoms with E-state index in [0.717, 1.165) is 23.1 Å². The maximum absolute atomic E-state index is 11.9. The van der Waals surface area contributed by atoms with Gasteiger partial charge in [0.15, 0.2) is 0 Å². The van der Waals surface area contributed by atoms with E-state index in [2.05, 4.69) is 4.57 Å². The molecule has 0 amide bonds. The van der Waals surface area contributed by atoms with E-state index in [1.807, 2.05) is 31.2 Å². The van der Waals surface area contributed by atoms with Gasteiger partial charge in [-0.15, -0.1) is 0 Å². The molecule has 1 aliphatic carbocycles. The second kappa shape index (κ2) is 4.90. The molecule has 1 aromatic heterocycles. The van der Waals surface area contributed by atoms with Crippen LogP contribution in [0.1, 0.15) is 31.4 Å². The van der Waals surface area contributed by atoms with Crippen LogP contribution in [0.4, 0.5) is 0 Å². The minimum atomic E-state index is -3.69. The molecule has 0 aliphatic heterocycles. The fourth-order valence-electron chi connectivity index (χ4n) is 3.44. The number of hydrogen-bond acceptors (Lipinski definition) is 2. The number of rotatable bonds is 3. The largest absolute Gasteiger partial charge is 0.343 e. The molecule has 0 saturated heterocycles. The molecule has 0 bridgehead atoms. The first-order valence-corrected chi connectivity index (χ1v) is 8.64. The summed E-state index contributed by atoms with van der Waals surface area (Å²) in [6.45, 7) is 2.75. The monoisotopic (exact) mass is 292 g/mol. The van der Waals surface area contributed by atoms with E-state index >= 15 is 0 Å². The molecule has 108 valence electrons. The molecule has 20 heavy (non-hydrogen) atoms. The summed E-state index contributed by atoms with van der Waals surface area (Å²) >= 11 is 0. The van der Waals surface area contributed by atoms with Crippen LogP contribution in [0.2, 0.25) is 0 Å². The van der Waals surface area contributed by atoms with Crippen molar-refractivity contribution in [3.05, 3.63) is 30.0 Å². The Bertz CT molecular complexity index is 741. The van der Waals surface area contributed by atoms with Gasteiger partial charge in [-0.1, -0.05) is 31.0 Å². The maximum atomic E-state index is 11.9. The molecule has 0 unspecified atom stereocenters. The lowest BCUT2D eigenvalue weighted by Gasteiger charge is -2.14. The van der Waals surface area contributed by atoms with Gasteiger partial charge in [-0.25, -0.2) is 13.6 Å². The molecule has 3 rings (SSSR count). The number of sulfonamides is 1. The normalized spacial score (nSPS) is 17.1. The molecule has 2 N–H and O–H groups in total. The van der Waals surface area contributed by atoms with E-state index in [4.69, 9.17) is 5.14 Å². The maximum Gasteiger partial charge on any atom is 0.240 e. The number of primary sulfonamides is 1. The highest BCUT2D eigenvalue weighted by atomic mass is 32.2. The molecule has 1 heterocycles. The quantitative estimate of drug-likeness (QED) is 0.945. The minimum absolute atomic E-state index is 0.283. The van der Waals surface area contributed by atoms with Crippen molar-refractivity contribution in [2.75, 3.05) is 0 Å². The number of benzene rings is 1. The van der Waals surface area contributed by atoms with Gasteiger partial charge in [-0.05, 0) is 31.7 Å². The molecule has 1 fully saturated rings. The highest BCUT2D eigenvalue weighted by Gasteiger charge is 2.24. The van der Waals surface area contributed by atoms with E-state index in [9.17, 15) is 8.42 Å². The standard InChI is InChI=1S/C15H20N2O2S/c1-11-15(20(16,18)19)13-8-4-5-9-14(13)17(11)10-12-6-2-3-7-12/h4-5,8-9,12H,2-3,6-7,10H2,1H3,(H2,16,18,19). The van der Waals surface area contributed by atoms with Gasteiger partial charge in [0.2, 0.25) is 10.0 Å². The Balaban J connectivity index is 2.18. The van der Waals surface area contributed by atoms with Crippen molar-refractivity contribution in [2.24, 2.45) is 11.1 Å². The van der Waals surface area contributed by atoms with Crippen LogP contribution in [-0.2, 0) is 16.6 Å². The third-order valence-electron chi connectivity index (χ3n) is 4.37. The summed E-state index contributed by atoms with van der Waals surface area (Å²) < 4.78 is 25.9. The summed E-state index contributed by atoms with van der Waals surface area (Å²) in [7, 11) is -3.69. The topological polar surface area (TPSA) is 65.1 Å². The van der Waals surface area contributed by atoms with Crippen molar-refractivity contribution in [1.82, 2.24) is 4.57 Å². The highest BCUT2D eigenvalue weighted by molar-refractivity contribution is 7.89. The highest BCUT2D eigenvalue weighted by Crippen LogP contribution is 2.33. The van der Waals surface area contributed by atoms with E-state index < -0.39 is 10.0 Å². The van der Waals surface area contributed by atoms with E-state index in [0.29, 0.717) is 5.92 Å². The van der Waals surface area contributed by atoms with Crippen LogP contribution in [0.3, 0.4) is 0 Å². The number of hydrogen-bond donors (Lipinski definition) is 1. The van der Waals surface area contributed by atoms with Crippen LogP contribution >= 0.6 is 0 Å². The summed E-state index contributed by atoms with van der Waals surface area (Å²) in [6, 6.07) is 7.62. The molecule has 0 atom stereocenters. The molecule has 5 heteroatoms. The number of aromatic nitrogens is 1. The van der Waals surface area contributed by atoms with Gasteiger partial charge in [-0.2, -0.15) is 0 Å². The van der Waals surface area contributed by atoms with Crippen molar-refractivity contribution < 1.29 is 8.42 Å². The summed E-state index contributed by atoms with van der Waals surface area (Å²) in [5, 5.41) is 6.15. The van der Waals surface area contributed by atoms with Crippen molar-refractivity contribution in [1.29, 1.82) is 0 Å². The van der Waals surface area contributed by atoms with E-state index in [-0.39, 0.29) is 4.90 Å². The average molecular weight is 292 g/mol. The number of nitrogens with two attached hydrogens (primary N) is 1. The Kier molecular flexibility index (Phi) is 3.34. The van der Waals surface area contributed by atoms with E-state index in [1.165, 1.54) is 25.7 Å². The Labute approximate surface area is 119 Å². The van der Waals surface area contributed by atoms with Crippen molar-refractivity contribution in [3.63, 3.8) is 0 Å². The van der Waals surface area contributed by atoms with Crippen LogP contribution in [-0.4, -0.2) is 13.0 Å². The molecule has 0 radical (unpaired) electrons. The first kappa shape index (κ1) is 13.6. The SMILES string of the molecule is Cc1c(S(N)(=O)=O)c2ccccc2n1CC1CCCC1. The lowest BCUT2D eigenvalue weighted by molar-refractivity contribution is 0.459. The van der Waals surface area contributed by atoms with Crippen LogP contribution < -0.4 is 5.14 Å². The molecule has 1 aliphatic rings. The first-order chi connectivity index (χ1) is 9.48. The van der Waals surface area contributed by atoms with Crippen molar-refractivity contribution >= 4 is 20.9 Å². The molecule has 4 nitrogen and oxygen atoms in total.